The van der Waals surface area contributed by atoms with Crippen LogP contribution >= 0.6 is 15.9 Å². The fourth-order valence-corrected chi connectivity index (χ4v) is 3.58. The zero-order chi connectivity index (χ0) is 18.0. The largest absolute Gasteiger partial charge is 0.493 e. The lowest BCUT2D eigenvalue weighted by Crippen LogP contribution is -2.32. The molecule has 0 radical (unpaired) electrons. The third-order valence-corrected chi connectivity index (χ3v) is 4.73. The molecule has 1 amide bonds. The van der Waals surface area contributed by atoms with Crippen LogP contribution in [0.15, 0.2) is 22.8 Å². The lowest BCUT2D eigenvalue weighted by atomic mass is 10.1. The van der Waals surface area contributed by atoms with Gasteiger partial charge in [0.2, 0.25) is 5.82 Å². The van der Waals surface area contributed by atoms with Gasteiger partial charge in [-0.05, 0) is 45.6 Å². The number of benzene rings is 1. The van der Waals surface area contributed by atoms with Crippen LogP contribution in [0.25, 0.3) is 0 Å². The first-order valence-corrected chi connectivity index (χ1v) is 8.58. The Kier molecular flexibility index (Phi) is 5.19. The molecule has 2 N–H and O–H groups in total. The van der Waals surface area contributed by atoms with Crippen molar-refractivity contribution in [3.8, 4) is 11.5 Å². The highest BCUT2D eigenvalue weighted by Crippen LogP contribution is 2.36. The third-order valence-electron chi connectivity index (χ3n) is 4.14. The predicted octanol–water partition coefficient (Wildman–Crippen LogP) is 1.91. The molecule has 7 nitrogen and oxygen atoms in total. The van der Waals surface area contributed by atoms with E-state index in [1.807, 2.05) is 12.1 Å². The molecule has 1 aliphatic heterocycles. The van der Waals surface area contributed by atoms with Gasteiger partial charge in [-0.2, -0.15) is 0 Å². The van der Waals surface area contributed by atoms with E-state index in [4.69, 9.17) is 15.2 Å². The van der Waals surface area contributed by atoms with E-state index in [9.17, 15) is 4.79 Å². The Balaban J connectivity index is 1.80. The molecule has 0 spiro atoms. The number of hydrogen-bond acceptors (Lipinski definition) is 6. The number of primary amides is 1. The molecule has 0 unspecified atom stereocenters. The van der Waals surface area contributed by atoms with E-state index in [2.05, 4.69) is 30.8 Å². The molecule has 0 saturated heterocycles. The van der Waals surface area contributed by atoms with Crippen LogP contribution in [0.5, 0.6) is 11.5 Å². The summed E-state index contributed by atoms with van der Waals surface area (Å²) in [5.41, 5.74) is 8.29. The van der Waals surface area contributed by atoms with Gasteiger partial charge in [0.05, 0.1) is 24.4 Å². The van der Waals surface area contributed by atoms with Crippen LogP contribution in [0.2, 0.25) is 0 Å². The van der Waals surface area contributed by atoms with Gasteiger partial charge in [-0.1, -0.05) is 0 Å². The van der Waals surface area contributed by atoms with E-state index < -0.39 is 5.91 Å². The number of methoxy groups -OCH3 is 2. The normalized spacial score (nSPS) is 14.0. The lowest BCUT2D eigenvalue weighted by molar-refractivity contribution is 0.0989. The molecule has 0 fully saturated rings. The Morgan fingerprint density at radius 1 is 1.36 bits per heavy atom. The van der Waals surface area contributed by atoms with E-state index in [0.29, 0.717) is 18.0 Å². The highest BCUT2D eigenvalue weighted by Gasteiger charge is 2.20. The van der Waals surface area contributed by atoms with Gasteiger partial charge < -0.3 is 15.2 Å². The predicted molar refractivity (Wildman–Crippen MR) is 95.6 cm³/mol. The molecule has 1 aromatic heterocycles. The highest BCUT2D eigenvalue weighted by atomic mass is 79.9. The van der Waals surface area contributed by atoms with Crippen LogP contribution in [0.4, 0.5) is 0 Å². The number of amides is 1. The average Bonchev–Trinajstić information content (AvgIpc) is 2.60. The minimum atomic E-state index is -0.608. The van der Waals surface area contributed by atoms with Gasteiger partial charge >= 0.3 is 0 Å². The highest BCUT2D eigenvalue weighted by molar-refractivity contribution is 9.10. The van der Waals surface area contributed by atoms with Crippen molar-refractivity contribution in [2.24, 2.45) is 5.73 Å². The molecule has 0 atom stereocenters. The van der Waals surface area contributed by atoms with Gasteiger partial charge in [-0.15, -0.1) is 0 Å². The molecule has 1 aromatic carbocycles. The molecule has 2 heterocycles. The number of nitrogens with zero attached hydrogens (tertiary/aromatic N) is 3. The van der Waals surface area contributed by atoms with Crippen LogP contribution in [0.1, 0.15) is 27.4 Å². The number of halogens is 1. The zero-order valence-corrected chi connectivity index (χ0v) is 15.7. The first kappa shape index (κ1) is 17.6. The number of hydrogen-bond donors (Lipinski definition) is 1. The molecule has 8 heteroatoms. The quantitative estimate of drug-likeness (QED) is 0.815. The molecule has 25 heavy (non-hydrogen) atoms. The molecule has 3 rings (SSSR count). The Bertz CT molecular complexity index is 813. The van der Waals surface area contributed by atoms with Crippen molar-refractivity contribution in [2.45, 2.75) is 19.5 Å². The first-order chi connectivity index (χ1) is 12.0. The first-order valence-electron chi connectivity index (χ1n) is 7.79. The SMILES string of the molecule is COc1cc(CN2CCc3cnc(C(N)=O)nc3C2)cc(Br)c1OC. The number of carbonyl (C=O) groups excluding carboxylic acids is 1. The Labute approximate surface area is 154 Å². The van der Waals surface area contributed by atoms with Crippen LogP contribution in [0.3, 0.4) is 0 Å². The molecule has 2 aromatic rings. The molecule has 0 aliphatic carbocycles. The maximum absolute atomic E-state index is 11.3. The zero-order valence-electron chi connectivity index (χ0n) is 14.1. The van der Waals surface area contributed by atoms with Crippen LogP contribution in [-0.4, -0.2) is 41.5 Å². The van der Waals surface area contributed by atoms with Crippen molar-refractivity contribution >= 4 is 21.8 Å². The third kappa shape index (κ3) is 3.74. The molecular formula is C17H19BrN4O3. The lowest BCUT2D eigenvalue weighted by Gasteiger charge is -2.28. The standard InChI is InChI=1S/C17H19BrN4O3/c1-24-14-6-10(5-12(18)15(14)25-2)8-22-4-3-11-7-20-17(16(19)23)21-13(11)9-22/h5-7H,3-4,8-9H2,1-2H3,(H2,19,23). The van der Waals surface area contributed by atoms with Crippen molar-refractivity contribution in [2.75, 3.05) is 20.8 Å². The number of nitrogens with two attached hydrogens (primary N) is 1. The van der Waals surface area contributed by atoms with Gasteiger partial charge in [0, 0.05) is 25.8 Å². The van der Waals surface area contributed by atoms with Crippen molar-refractivity contribution in [1.82, 2.24) is 14.9 Å². The molecule has 1 aliphatic rings. The number of ether oxygens (including phenoxy) is 2. The fourth-order valence-electron chi connectivity index (χ4n) is 2.93. The van der Waals surface area contributed by atoms with Crippen molar-refractivity contribution in [3.05, 3.63) is 45.4 Å². The minimum Gasteiger partial charge on any atom is -0.493 e. The monoisotopic (exact) mass is 406 g/mol. The second-order valence-corrected chi connectivity index (χ2v) is 6.66. The fraction of sp³-hybridized carbons (Fsp3) is 0.353. The van der Waals surface area contributed by atoms with Crippen LogP contribution in [0, 0.1) is 0 Å². The van der Waals surface area contributed by atoms with E-state index >= 15 is 0 Å². The van der Waals surface area contributed by atoms with Gasteiger partial charge in [0.15, 0.2) is 11.5 Å². The van der Waals surface area contributed by atoms with E-state index in [-0.39, 0.29) is 5.82 Å². The van der Waals surface area contributed by atoms with E-state index in [1.165, 1.54) is 0 Å². The summed E-state index contributed by atoms with van der Waals surface area (Å²) in [5.74, 6) is 0.815. The maximum atomic E-state index is 11.3. The van der Waals surface area contributed by atoms with Crippen LogP contribution in [-0.2, 0) is 19.5 Å². The van der Waals surface area contributed by atoms with Crippen LogP contribution < -0.4 is 15.2 Å². The molecule has 132 valence electrons. The van der Waals surface area contributed by atoms with Crippen molar-refractivity contribution in [1.29, 1.82) is 0 Å². The number of carbonyl (C=O) groups is 1. The van der Waals surface area contributed by atoms with E-state index in [0.717, 1.165) is 40.8 Å². The van der Waals surface area contributed by atoms with Gasteiger partial charge in [-0.25, -0.2) is 9.97 Å². The second-order valence-electron chi connectivity index (χ2n) is 5.80. The number of rotatable bonds is 5. The van der Waals surface area contributed by atoms with Gasteiger partial charge in [0.25, 0.3) is 5.91 Å². The summed E-state index contributed by atoms with van der Waals surface area (Å²) < 4.78 is 11.6. The summed E-state index contributed by atoms with van der Waals surface area (Å²) in [7, 11) is 3.23. The number of aromatic nitrogens is 2. The van der Waals surface area contributed by atoms with Crippen molar-refractivity contribution < 1.29 is 14.3 Å². The summed E-state index contributed by atoms with van der Waals surface area (Å²) in [6, 6.07) is 3.99. The summed E-state index contributed by atoms with van der Waals surface area (Å²) in [5, 5.41) is 0. The van der Waals surface area contributed by atoms with Gasteiger partial charge in [0.1, 0.15) is 0 Å². The van der Waals surface area contributed by atoms with Crippen molar-refractivity contribution in [3.63, 3.8) is 0 Å². The van der Waals surface area contributed by atoms with Gasteiger partial charge in [-0.3, -0.25) is 9.69 Å². The summed E-state index contributed by atoms with van der Waals surface area (Å²) in [4.78, 5) is 21.9. The summed E-state index contributed by atoms with van der Waals surface area (Å²) in [6.45, 7) is 2.26. The Morgan fingerprint density at radius 3 is 2.84 bits per heavy atom. The topological polar surface area (TPSA) is 90.6 Å². The average molecular weight is 407 g/mol. The molecule has 0 saturated carbocycles. The maximum Gasteiger partial charge on any atom is 0.286 e. The smallest absolute Gasteiger partial charge is 0.286 e. The second kappa shape index (κ2) is 7.37. The Hall–Kier alpha value is -2.19. The molecular weight excluding hydrogens is 388 g/mol. The summed E-state index contributed by atoms with van der Waals surface area (Å²) >= 11 is 3.52. The Morgan fingerprint density at radius 2 is 2.16 bits per heavy atom. The summed E-state index contributed by atoms with van der Waals surface area (Å²) in [6.07, 6.45) is 2.54. The number of fused-ring (bicyclic) bond motifs is 1. The molecule has 0 bridgehead atoms. The van der Waals surface area contributed by atoms with E-state index in [1.54, 1.807) is 20.4 Å². The minimum absolute atomic E-state index is 0.0643.